The SMILES string of the molecule is CC1(C)CC(NC2CC(C)(C)CC(C)(C[AsH2])C2)CC(C)(CN)C1. The second-order valence-corrected chi connectivity index (χ2v) is 11.9. The molecule has 0 amide bonds. The molecule has 2 saturated carbocycles. The van der Waals surface area contributed by atoms with Crippen LogP contribution in [0.5, 0.6) is 0 Å². The zero-order valence-electron chi connectivity index (χ0n) is 16.5. The molecule has 0 radical (unpaired) electrons. The molecule has 2 aliphatic rings. The first-order valence-corrected chi connectivity index (χ1v) is 11.3. The van der Waals surface area contributed by atoms with Gasteiger partial charge in [-0.05, 0) is 0 Å². The predicted molar refractivity (Wildman–Crippen MR) is 105 cm³/mol. The van der Waals surface area contributed by atoms with E-state index in [2.05, 4.69) is 46.9 Å². The molecular weight excluding hydrogens is 343 g/mol. The Labute approximate surface area is 153 Å². The van der Waals surface area contributed by atoms with E-state index < -0.39 is 0 Å². The second-order valence-electron chi connectivity index (χ2n) is 11.1. The van der Waals surface area contributed by atoms with Gasteiger partial charge in [-0.3, -0.25) is 0 Å². The van der Waals surface area contributed by atoms with E-state index in [1.165, 1.54) is 43.7 Å². The number of nitrogens with two attached hydrogens (primary N) is 1. The first-order chi connectivity index (χ1) is 10.4. The molecule has 0 aromatic heterocycles. The zero-order valence-corrected chi connectivity index (χ0v) is 18.9. The third-order valence-corrected chi connectivity index (χ3v) is 8.41. The van der Waals surface area contributed by atoms with Gasteiger partial charge in [-0.15, -0.1) is 0 Å². The molecule has 2 nitrogen and oxygen atoms in total. The third kappa shape index (κ3) is 5.22. The van der Waals surface area contributed by atoms with Gasteiger partial charge in [0.1, 0.15) is 0 Å². The Morgan fingerprint density at radius 1 is 0.826 bits per heavy atom. The van der Waals surface area contributed by atoms with Crippen molar-refractivity contribution in [1.82, 2.24) is 5.32 Å². The van der Waals surface area contributed by atoms with E-state index in [4.69, 9.17) is 5.73 Å². The fourth-order valence-corrected chi connectivity index (χ4v) is 6.80. The predicted octanol–water partition coefficient (Wildman–Crippen LogP) is 3.76. The molecule has 5 unspecified atom stereocenters. The van der Waals surface area contributed by atoms with Crippen LogP contribution in [-0.2, 0) is 0 Å². The summed E-state index contributed by atoms with van der Waals surface area (Å²) in [4.78, 5) is 0. The first-order valence-electron chi connectivity index (χ1n) is 9.56. The molecule has 2 fully saturated rings. The van der Waals surface area contributed by atoms with Gasteiger partial charge >= 0.3 is 153 Å². The van der Waals surface area contributed by atoms with Crippen molar-refractivity contribution in [2.75, 3.05) is 6.54 Å². The summed E-state index contributed by atoms with van der Waals surface area (Å²) in [7, 11) is 0. The van der Waals surface area contributed by atoms with Crippen molar-refractivity contribution in [2.24, 2.45) is 27.4 Å². The number of rotatable bonds is 4. The molecule has 0 aliphatic heterocycles. The molecule has 3 N–H and O–H groups in total. The molecule has 2 rings (SSSR count). The molecule has 0 aromatic rings. The van der Waals surface area contributed by atoms with Crippen LogP contribution >= 0.6 is 0 Å². The normalized spacial score (nSPS) is 43.3. The van der Waals surface area contributed by atoms with E-state index >= 15 is 0 Å². The topological polar surface area (TPSA) is 38.0 Å². The second kappa shape index (κ2) is 6.65. The van der Waals surface area contributed by atoms with Gasteiger partial charge in [0.15, 0.2) is 0 Å². The van der Waals surface area contributed by atoms with E-state index in [-0.39, 0.29) is 0 Å². The monoisotopic (exact) mass is 384 g/mol. The Morgan fingerprint density at radius 2 is 1.26 bits per heavy atom. The van der Waals surface area contributed by atoms with Gasteiger partial charge in [0, 0.05) is 0 Å². The number of hydrogen-bond acceptors (Lipinski definition) is 2. The maximum absolute atomic E-state index is 6.14. The van der Waals surface area contributed by atoms with Gasteiger partial charge in [-0.2, -0.15) is 0 Å². The van der Waals surface area contributed by atoms with Crippen LogP contribution < -0.4 is 11.1 Å². The van der Waals surface area contributed by atoms with Crippen LogP contribution in [0.2, 0.25) is 5.21 Å². The average molecular weight is 384 g/mol. The first kappa shape index (κ1) is 19.8. The van der Waals surface area contributed by atoms with Crippen molar-refractivity contribution in [3.8, 4) is 0 Å². The summed E-state index contributed by atoms with van der Waals surface area (Å²) in [5.74, 6) is 0. The van der Waals surface area contributed by atoms with E-state index in [1.807, 2.05) is 16.9 Å². The van der Waals surface area contributed by atoms with Gasteiger partial charge in [0.25, 0.3) is 0 Å². The Balaban J connectivity index is 2.08. The van der Waals surface area contributed by atoms with Crippen LogP contribution in [0.25, 0.3) is 0 Å². The standard InChI is InChI=1S/C20H41AsN2/c1-17(2)7-15(9-19(5,11-17)13-21)23-16-8-18(3,4)12-20(6,10-16)14-22/h15-16,23H,7-14,21-22H2,1-6H3. The van der Waals surface area contributed by atoms with Crippen LogP contribution in [-0.4, -0.2) is 35.5 Å². The number of nitrogens with one attached hydrogen (secondary N) is 1. The van der Waals surface area contributed by atoms with Crippen molar-refractivity contribution in [3.05, 3.63) is 0 Å². The fraction of sp³-hybridized carbons (Fsp3) is 1.00. The molecule has 0 bridgehead atoms. The van der Waals surface area contributed by atoms with Crippen LogP contribution in [0.4, 0.5) is 0 Å². The van der Waals surface area contributed by atoms with E-state index in [9.17, 15) is 0 Å². The van der Waals surface area contributed by atoms with E-state index in [1.54, 1.807) is 0 Å². The van der Waals surface area contributed by atoms with Crippen molar-refractivity contribution in [3.63, 3.8) is 0 Å². The van der Waals surface area contributed by atoms with Gasteiger partial charge in [0.05, 0.1) is 0 Å². The summed E-state index contributed by atoms with van der Waals surface area (Å²) >= 11 is 1.90. The summed E-state index contributed by atoms with van der Waals surface area (Å²) in [6, 6.07) is 1.32. The summed E-state index contributed by atoms with van der Waals surface area (Å²) in [5, 5.41) is 5.46. The molecule has 23 heavy (non-hydrogen) atoms. The maximum atomic E-state index is 6.14. The summed E-state index contributed by atoms with van der Waals surface area (Å²) in [6.07, 6.45) is 7.87. The quantitative estimate of drug-likeness (QED) is 0.725. The van der Waals surface area contributed by atoms with Gasteiger partial charge < -0.3 is 0 Å². The number of hydrogen-bond donors (Lipinski definition) is 2. The van der Waals surface area contributed by atoms with E-state index in [0.717, 1.165) is 6.54 Å². The average Bonchev–Trinajstić information content (AvgIpc) is 2.34. The molecule has 0 heterocycles. The van der Waals surface area contributed by atoms with Gasteiger partial charge in [-0.25, -0.2) is 0 Å². The van der Waals surface area contributed by atoms with Crippen LogP contribution in [0.1, 0.15) is 80.1 Å². The van der Waals surface area contributed by atoms with E-state index in [0.29, 0.717) is 33.7 Å². The molecule has 0 saturated heterocycles. The summed E-state index contributed by atoms with van der Waals surface area (Å²) in [5.41, 5.74) is 7.85. The van der Waals surface area contributed by atoms with Crippen molar-refractivity contribution < 1.29 is 0 Å². The minimum atomic E-state index is 0.306. The van der Waals surface area contributed by atoms with Crippen LogP contribution in [0, 0.1) is 21.7 Å². The molecule has 0 spiro atoms. The van der Waals surface area contributed by atoms with Crippen molar-refractivity contribution in [2.45, 2.75) is 97.4 Å². The Bertz CT molecular complexity index is 382. The van der Waals surface area contributed by atoms with Gasteiger partial charge in [0.2, 0.25) is 0 Å². The summed E-state index contributed by atoms with van der Waals surface area (Å²) < 4.78 is 0. The fourth-order valence-electron chi connectivity index (χ4n) is 6.15. The Morgan fingerprint density at radius 3 is 1.70 bits per heavy atom. The Kier molecular flexibility index (Phi) is 5.73. The zero-order chi connectivity index (χ0) is 17.5. The summed E-state index contributed by atoms with van der Waals surface area (Å²) in [6.45, 7) is 15.5. The van der Waals surface area contributed by atoms with Crippen LogP contribution in [0.15, 0.2) is 0 Å². The molecule has 136 valence electrons. The Hall–Kier alpha value is 0.478. The molecule has 0 aromatic carbocycles. The van der Waals surface area contributed by atoms with Crippen LogP contribution in [0.3, 0.4) is 0 Å². The van der Waals surface area contributed by atoms with Crippen molar-refractivity contribution in [1.29, 1.82) is 0 Å². The molecule has 5 atom stereocenters. The molecular formula is C20H41AsN2. The van der Waals surface area contributed by atoms with Crippen molar-refractivity contribution >= 4 is 16.9 Å². The molecule has 2 aliphatic carbocycles. The minimum absolute atomic E-state index is 0.306. The molecule has 3 heteroatoms. The third-order valence-electron chi connectivity index (χ3n) is 6.34. The van der Waals surface area contributed by atoms with Gasteiger partial charge in [-0.1, -0.05) is 0 Å².